The smallest absolute Gasteiger partial charge is 0.270 e. The van der Waals surface area contributed by atoms with Crippen molar-refractivity contribution in [1.29, 1.82) is 0 Å². The van der Waals surface area contributed by atoms with Gasteiger partial charge in [0.2, 0.25) is 5.88 Å². The van der Waals surface area contributed by atoms with Crippen molar-refractivity contribution in [2.24, 2.45) is 13.0 Å². The van der Waals surface area contributed by atoms with Gasteiger partial charge in [0.1, 0.15) is 5.60 Å². The number of benzene rings is 2. The van der Waals surface area contributed by atoms with E-state index in [1.54, 1.807) is 30.1 Å². The van der Waals surface area contributed by atoms with Crippen LogP contribution < -0.4 is 4.74 Å². The highest BCUT2D eigenvalue weighted by Crippen LogP contribution is 2.43. The molecular formula is C28H29ClF2N4O3. The number of hydrogen-bond acceptors (Lipinski definition) is 6. The number of nitrogens with zero attached hydrogens (tertiary/aromatic N) is 4. The molecule has 7 nitrogen and oxygen atoms in total. The molecule has 1 unspecified atom stereocenters. The molecule has 2 aromatic heterocycles. The summed E-state index contributed by atoms with van der Waals surface area (Å²) in [7, 11) is 3.27. The summed E-state index contributed by atoms with van der Waals surface area (Å²) in [6.45, 7) is 1.98. The molecule has 200 valence electrons. The number of aromatic nitrogens is 4. The maximum Gasteiger partial charge on any atom is 0.270 e. The van der Waals surface area contributed by atoms with Gasteiger partial charge in [0, 0.05) is 56.0 Å². The Bertz CT molecular complexity index is 1450. The predicted octanol–water partition coefficient (Wildman–Crippen LogP) is 5.39. The Morgan fingerprint density at radius 2 is 1.82 bits per heavy atom. The molecule has 1 fully saturated rings. The SMILES string of the molecule is COc1nc2ccc(C(O)(c3cnnn3C)C3CCOCC3)cc2c(Cl)c1Cc1ccc(C(C)(F)F)cc1. The maximum absolute atomic E-state index is 13.7. The lowest BCUT2D eigenvalue weighted by Gasteiger charge is -2.38. The van der Waals surface area contributed by atoms with Crippen LogP contribution in [0.3, 0.4) is 0 Å². The molecule has 0 saturated carbocycles. The van der Waals surface area contributed by atoms with Gasteiger partial charge >= 0.3 is 0 Å². The second-order valence-corrected chi connectivity index (χ2v) is 10.2. The largest absolute Gasteiger partial charge is 0.481 e. The van der Waals surface area contributed by atoms with Gasteiger partial charge in [-0.1, -0.05) is 47.1 Å². The molecule has 1 aliphatic rings. The van der Waals surface area contributed by atoms with E-state index in [0.717, 1.165) is 12.5 Å². The van der Waals surface area contributed by atoms with Crippen molar-refractivity contribution < 1.29 is 23.4 Å². The number of fused-ring (bicyclic) bond motifs is 1. The number of alkyl halides is 2. The molecule has 1 aliphatic heterocycles. The van der Waals surface area contributed by atoms with Gasteiger partial charge in [0.25, 0.3) is 5.92 Å². The van der Waals surface area contributed by atoms with Crippen molar-refractivity contribution in [1.82, 2.24) is 20.0 Å². The first kappa shape index (κ1) is 26.5. The van der Waals surface area contributed by atoms with Crippen LogP contribution in [0.5, 0.6) is 5.88 Å². The molecule has 5 rings (SSSR count). The third kappa shape index (κ3) is 4.74. The summed E-state index contributed by atoms with van der Waals surface area (Å²) in [5, 5.41) is 21.4. The van der Waals surface area contributed by atoms with Crippen LogP contribution in [-0.4, -0.2) is 45.4 Å². The van der Waals surface area contributed by atoms with Gasteiger partial charge in [-0.2, -0.15) is 0 Å². The van der Waals surface area contributed by atoms with Crippen molar-refractivity contribution in [3.63, 3.8) is 0 Å². The average molecular weight is 543 g/mol. The van der Waals surface area contributed by atoms with E-state index in [1.807, 2.05) is 18.2 Å². The zero-order valence-corrected chi connectivity index (χ0v) is 22.2. The number of rotatable bonds is 7. The van der Waals surface area contributed by atoms with E-state index in [0.29, 0.717) is 71.1 Å². The molecule has 1 saturated heterocycles. The lowest BCUT2D eigenvalue weighted by Crippen LogP contribution is -2.41. The first-order valence-electron chi connectivity index (χ1n) is 12.4. The number of hydrogen-bond donors (Lipinski definition) is 1. The lowest BCUT2D eigenvalue weighted by atomic mass is 9.74. The van der Waals surface area contributed by atoms with Crippen LogP contribution in [0.4, 0.5) is 8.78 Å². The molecule has 38 heavy (non-hydrogen) atoms. The molecule has 10 heteroatoms. The molecule has 0 aliphatic carbocycles. The lowest BCUT2D eigenvalue weighted by molar-refractivity contribution is -0.0475. The van der Waals surface area contributed by atoms with E-state index in [-0.39, 0.29) is 11.5 Å². The number of aryl methyl sites for hydroxylation is 1. The number of halogens is 3. The second-order valence-electron chi connectivity index (χ2n) is 9.80. The molecule has 3 heterocycles. The molecule has 0 spiro atoms. The Balaban J connectivity index is 1.61. The van der Waals surface area contributed by atoms with Gasteiger partial charge in [0.15, 0.2) is 0 Å². The van der Waals surface area contributed by atoms with Gasteiger partial charge in [-0.15, -0.1) is 5.10 Å². The Hall–Kier alpha value is -3.14. The van der Waals surface area contributed by atoms with Crippen LogP contribution in [-0.2, 0) is 29.7 Å². The average Bonchev–Trinajstić information content (AvgIpc) is 3.36. The highest BCUT2D eigenvalue weighted by atomic mass is 35.5. The van der Waals surface area contributed by atoms with Crippen molar-refractivity contribution in [2.45, 2.75) is 37.7 Å². The minimum Gasteiger partial charge on any atom is -0.481 e. The van der Waals surface area contributed by atoms with E-state index >= 15 is 0 Å². The van der Waals surface area contributed by atoms with E-state index in [4.69, 9.17) is 21.1 Å². The fourth-order valence-corrected chi connectivity index (χ4v) is 5.56. The quantitative estimate of drug-likeness (QED) is 0.337. The number of aliphatic hydroxyl groups is 1. The maximum atomic E-state index is 13.7. The summed E-state index contributed by atoms with van der Waals surface area (Å²) in [5.74, 6) is -2.68. The molecule has 0 amide bonds. The number of methoxy groups -OCH3 is 1. The first-order chi connectivity index (χ1) is 18.1. The van der Waals surface area contributed by atoms with E-state index in [1.165, 1.54) is 19.2 Å². The monoisotopic (exact) mass is 542 g/mol. The summed E-state index contributed by atoms with van der Waals surface area (Å²) in [6, 6.07) is 11.7. The first-order valence-corrected chi connectivity index (χ1v) is 12.8. The molecule has 0 bridgehead atoms. The number of ether oxygens (including phenoxy) is 2. The van der Waals surface area contributed by atoms with Gasteiger partial charge < -0.3 is 14.6 Å². The second kappa shape index (κ2) is 10.2. The Morgan fingerprint density at radius 3 is 2.42 bits per heavy atom. The van der Waals surface area contributed by atoms with Crippen LogP contribution in [0, 0.1) is 5.92 Å². The van der Waals surface area contributed by atoms with Crippen molar-refractivity contribution >= 4 is 22.5 Å². The van der Waals surface area contributed by atoms with Gasteiger partial charge in [0.05, 0.1) is 29.5 Å². The third-order valence-electron chi connectivity index (χ3n) is 7.37. The van der Waals surface area contributed by atoms with Crippen molar-refractivity contribution in [2.75, 3.05) is 20.3 Å². The minimum atomic E-state index is -2.92. The van der Waals surface area contributed by atoms with Crippen LogP contribution in [0.1, 0.15) is 47.7 Å². The van der Waals surface area contributed by atoms with E-state index in [2.05, 4.69) is 15.3 Å². The minimum absolute atomic E-state index is 0.0577. The fraction of sp³-hybridized carbons (Fsp3) is 0.393. The third-order valence-corrected chi connectivity index (χ3v) is 7.80. The normalized spacial score (nSPS) is 16.5. The zero-order valence-electron chi connectivity index (χ0n) is 21.4. The van der Waals surface area contributed by atoms with Crippen LogP contribution in [0.25, 0.3) is 10.9 Å². The van der Waals surface area contributed by atoms with E-state index < -0.39 is 11.5 Å². The standard InChI is InChI=1S/C28H29ClF2N4O3/c1-27(30,31)18-6-4-17(5-7-18)14-22-25(29)21-15-20(8-9-23(21)33-26(22)37-3)28(36,19-10-12-38-13-11-19)24-16-32-34-35(24)2/h4-9,15-16,19,36H,10-14H2,1-3H3. The summed E-state index contributed by atoms with van der Waals surface area (Å²) >= 11 is 6.97. The highest BCUT2D eigenvalue weighted by Gasteiger charge is 2.43. The molecule has 1 N–H and O–H groups in total. The zero-order chi connectivity index (χ0) is 27.1. The van der Waals surface area contributed by atoms with Crippen molar-refractivity contribution in [3.05, 3.63) is 81.6 Å². The van der Waals surface area contributed by atoms with Gasteiger partial charge in [-0.05, 0) is 36.1 Å². The molecule has 2 aromatic carbocycles. The molecular weight excluding hydrogens is 514 g/mol. The van der Waals surface area contributed by atoms with Gasteiger partial charge in [-0.3, -0.25) is 0 Å². The molecule has 4 aromatic rings. The highest BCUT2D eigenvalue weighted by molar-refractivity contribution is 6.36. The van der Waals surface area contributed by atoms with Crippen LogP contribution >= 0.6 is 11.6 Å². The topological polar surface area (TPSA) is 82.3 Å². The van der Waals surface area contributed by atoms with Crippen molar-refractivity contribution in [3.8, 4) is 5.88 Å². The number of pyridine rings is 1. The van der Waals surface area contributed by atoms with Gasteiger partial charge in [-0.25, -0.2) is 18.4 Å². The summed E-state index contributed by atoms with van der Waals surface area (Å²) in [6.07, 6.45) is 3.27. The summed E-state index contributed by atoms with van der Waals surface area (Å²) in [4.78, 5) is 4.67. The molecule has 0 radical (unpaired) electrons. The molecule has 1 atom stereocenters. The Kier molecular flexibility index (Phi) is 7.11. The summed E-state index contributed by atoms with van der Waals surface area (Å²) < 4.78 is 40.1. The van der Waals surface area contributed by atoms with E-state index in [9.17, 15) is 13.9 Å². The fourth-order valence-electron chi connectivity index (χ4n) is 5.26. The Morgan fingerprint density at radius 1 is 1.13 bits per heavy atom. The Labute approximate surface area is 224 Å². The van der Waals surface area contributed by atoms with Crippen LogP contribution in [0.2, 0.25) is 5.02 Å². The summed E-state index contributed by atoms with van der Waals surface area (Å²) in [5.41, 5.74) is 1.82. The van der Waals surface area contributed by atoms with Crippen LogP contribution in [0.15, 0.2) is 48.7 Å². The predicted molar refractivity (Wildman–Crippen MR) is 140 cm³/mol.